The van der Waals surface area contributed by atoms with Crippen molar-refractivity contribution in [2.75, 3.05) is 6.54 Å². The van der Waals surface area contributed by atoms with Gasteiger partial charge in [-0.1, -0.05) is 30.3 Å². The van der Waals surface area contributed by atoms with Gasteiger partial charge in [-0.2, -0.15) is 0 Å². The number of hydrogen-bond acceptors (Lipinski definition) is 7. The Kier molecular flexibility index (Phi) is 14.8. The van der Waals surface area contributed by atoms with E-state index >= 15 is 0 Å². The number of benzene rings is 1. The third kappa shape index (κ3) is 14.3. The first kappa shape index (κ1) is 33.3. The zero-order chi connectivity index (χ0) is 30.1. The van der Waals surface area contributed by atoms with Gasteiger partial charge in [0.2, 0.25) is 11.8 Å². The van der Waals surface area contributed by atoms with E-state index in [2.05, 4.69) is 16.0 Å². The predicted octanol–water partition coefficient (Wildman–Crippen LogP) is -0.0644. The van der Waals surface area contributed by atoms with Gasteiger partial charge < -0.3 is 41.7 Å². The summed E-state index contributed by atoms with van der Waals surface area (Å²) in [4.78, 5) is 81.0. The third-order valence-electron chi connectivity index (χ3n) is 5.57. The number of aliphatic carboxylic acids is 4. The summed E-state index contributed by atoms with van der Waals surface area (Å²) >= 11 is 0. The van der Waals surface area contributed by atoms with Crippen LogP contribution >= 0.6 is 0 Å². The molecular weight excluding hydrogens is 532 g/mol. The van der Waals surface area contributed by atoms with Gasteiger partial charge in [-0.25, -0.2) is 14.4 Å². The molecule has 1 aromatic carbocycles. The lowest BCUT2D eigenvalue weighted by atomic mass is 10.0. The third-order valence-corrected chi connectivity index (χ3v) is 5.57. The molecule has 0 unspecified atom stereocenters. The van der Waals surface area contributed by atoms with E-state index in [1.165, 1.54) is 0 Å². The van der Waals surface area contributed by atoms with Crippen LogP contribution in [0.15, 0.2) is 30.3 Å². The number of amides is 4. The van der Waals surface area contributed by atoms with Crippen LogP contribution in [0.5, 0.6) is 0 Å². The highest BCUT2D eigenvalue weighted by Gasteiger charge is 2.25. The number of carboxylic acid groups (broad SMARTS) is 4. The molecule has 3 atom stereocenters. The van der Waals surface area contributed by atoms with Crippen LogP contribution in [0.25, 0.3) is 0 Å². The average molecular weight is 567 g/mol. The molecule has 0 aliphatic heterocycles. The summed E-state index contributed by atoms with van der Waals surface area (Å²) in [5, 5.41) is 45.3. The van der Waals surface area contributed by atoms with Crippen molar-refractivity contribution in [3.63, 3.8) is 0 Å². The first-order valence-electron chi connectivity index (χ1n) is 12.5. The molecule has 0 aliphatic carbocycles. The van der Waals surface area contributed by atoms with E-state index in [4.69, 9.17) is 15.3 Å². The van der Waals surface area contributed by atoms with Crippen molar-refractivity contribution in [3.8, 4) is 0 Å². The zero-order valence-corrected chi connectivity index (χ0v) is 21.6. The second-order valence-electron chi connectivity index (χ2n) is 8.82. The summed E-state index contributed by atoms with van der Waals surface area (Å²) in [5.41, 5.74) is 0.767. The molecule has 0 saturated carbocycles. The van der Waals surface area contributed by atoms with Crippen LogP contribution in [-0.2, 0) is 35.2 Å². The minimum atomic E-state index is -1.52. The molecule has 1 aromatic rings. The monoisotopic (exact) mass is 566 g/mol. The molecule has 1 rings (SSSR count). The van der Waals surface area contributed by atoms with Gasteiger partial charge >= 0.3 is 29.9 Å². The molecule has 0 heterocycles. The molecule has 220 valence electrons. The number of nitrogens with one attached hydrogen (secondary N) is 4. The Morgan fingerprint density at radius 2 is 1.23 bits per heavy atom. The lowest BCUT2D eigenvalue weighted by Crippen LogP contribution is -2.51. The summed E-state index contributed by atoms with van der Waals surface area (Å²) in [5.74, 6) is -6.35. The Morgan fingerprint density at radius 3 is 1.77 bits per heavy atom. The van der Waals surface area contributed by atoms with E-state index in [1.807, 2.05) is 5.32 Å². The van der Waals surface area contributed by atoms with Crippen molar-refractivity contribution in [2.24, 2.45) is 0 Å². The van der Waals surface area contributed by atoms with E-state index in [9.17, 15) is 38.7 Å². The van der Waals surface area contributed by atoms with Gasteiger partial charge in [0.1, 0.15) is 18.1 Å². The van der Waals surface area contributed by atoms with Crippen LogP contribution in [0.1, 0.15) is 50.5 Å². The van der Waals surface area contributed by atoms with E-state index < -0.39 is 66.3 Å². The maximum Gasteiger partial charge on any atom is 0.326 e. The predicted molar refractivity (Wildman–Crippen MR) is 137 cm³/mol. The molecule has 40 heavy (non-hydrogen) atoms. The molecule has 0 aromatic heterocycles. The molecular formula is C25H34N4O11. The highest BCUT2D eigenvalue weighted by molar-refractivity contribution is 5.89. The number of carboxylic acids is 4. The fourth-order valence-electron chi connectivity index (χ4n) is 3.50. The van der Waals surface area contributed by atoms with Gasteiger partial charge in [-0.15, -0.1) is 0 Å². The number of hydrogen-bond donors (Lipinski definition) is 8. The SMILES string of the molecule is O=C(O)CCC(=O)N[C@H](Cc1ccccc1)C(=O)NCCCC[C@H](NC(=O)N[C@@H](CCC(=O)O)C(=O)O)C(=O)O. The number of carbonyl (C=O) groups excluding carboxylic acids is 3. The van der Waals surface area contributed by atoms with Gasteiger partial charge in [0, 0.05) is 25.8 Å². The lowest BCUT2D eigenvalue weighted by Gasteiger charge is -2.19. The topological polar surface area (TPSA) is 249 Å². The van der Waals surface area contributed by atoms with Crippen LogP contribution in [0.3, 0.4) is 0 Å². The molecule has 0 fully saturated rings. The molecule has 0 bridgehead atoms. The maximum absolute atomic E-state index is 12.7. The van der Waals surface area contributed by atoms with Crippen LogP contribution in [0.2, 0.25) is 0 Å². The van der Waals surface area contributed by atoms with E-state index in [0.29, 0.717) is 6.42 Å². The van der Waals surface area contributed by atoms with Crippen molar-refractivity contribution in [3.05, 3.63) is 35.9 Å². The van der Waals surface area contributed by atoms with Crippen molar-refractivity contribution < 1.29 is 54.0 Å². The fourth-order valence-corrected chi connectivity index (χ4v) is 3.50. The van der Waals surface area contributed by atoms with Crippen LogP contribution in [0, 0.1) is 0 Å². The minimum Gasteiger partial charge on any atom is -0.481 e. The fraction of sp³-hybridized carbons (Fsp3) is 0.480. The van der Waals surface area contributed by atoms with Crippen molar-refractivity contribution >= 4 is 41.7 Å². The maximum atomic E-state index is 12.7. The summed E-state index contributed by atoms with van der Waals surface area (Å²) in [6.45, 7) is 0.115. The smallest absolute Gasteiger partial charge is 0.326 e. The van der Waals surface area contributed by atoms with Gasteiger partial charge in [0.25, 0.3) is 0 Å². The van der Waals surface area contributed by atoms with Crippen LogP contribution in [0.4, 0.5) is 4.79 Å². The van der Waals surface area contributed by atoms with Gasteiger partial charge in [-0.3, -0.25) is 19.2 Å². The van der Waals surface area contributed by atoms with Crippen LogP contribution < -0.4 is 21.3 Å². The Labute approximate surface area is 229 Å². The molecule has 0 spiro atoms. The average Bonchev–Trinajstić information content (AvgIpc) is 2.88. The Morgan fingerprint density at radius 1 is 0.650 bits per heavy atom. The molecule has 0 radical (unpaired) electrons. The second kappa shape index (κ2) is 17.8. The highest BCUT2D eigenvalue weighted by atomic mass is 16.4. The number of urea groups is 1. The van der Waals surface area contributed by atoms with Crippen molar-refractivity contribution in [1.29, 1.82) is 0 Å². The summed E-state index contributed by atoms with van der Waals surface area (Å²) in [7, 11) is 0. The van der Waals surface area contributed by atoms with E-state index in [0.717, 1.165) is 5.56 Å². The summed E-state index contributed by atoms with van der Waals surface area (Å²) in [6, 6.07) is 3.91. The summed E-state index contributed by atoms with van der Waals surface area (Å²) in [6.07, 6.45) is -0.919. The molecule has 0 saturated heterocycles. The lowest BCUT2D eigenvalue weighted by molar-refractivity contribution is -0.141. The zero-order valence-electron chi connectivity index (χ0n) is 21.6. The van der Waals surface area contributed by atoms with E-state index in [1.54, 1.807) is 30.3 Å². The number of unbranched alkanes of at least 4 members (excludes halogenated alkanes) is 1. The Balaban J connectivity index is 2.58. The first-order chi connectivity index (χ1) is 18.9. The largest absolute Gasteiger partial charge is 0.481 e. The first-order valence-corrected chi connectivity index (χ1v) is 12.5. The Hall–Kier alpha value is -4.69. The van der Waals surface area contributed by atoms with Gasteiger partial charge in [-0.05, 0) is 31.2 Å². The van der Waals surface area contributed by atoms with Crippen LogP contribution in [-0.4, -0.2) is 86.8 Å². The molecule has 4 amide bonds. The normalized spacial score (nSPS) is 12.7. The standard InChI is InChI=1S/C25H34N4O11/c30-19(10-12-21(33)34)27-18(14-15-6-2-1-3-7-15)22(35)26-13-5-4-8-16(23(36)37)28-25(40)29-17(24(38)39)9-11-20(31)32/h1-3,6-7,16-18H,4-5,8-14H2,(H,26,35)(H,27,30)(H,31,32)(H,33,34)(H,36,37)(H,38,39)(H2,28,29,40)/t16-,17-,18+/m0/s1. The minimum absolute atomic E-state index is 0.0507. The number of carbonyl (C=O) groups is 7. The number of rotatable bonds is 19. The Bertz CT molecular complexity index is 1050. The highest BCUT2D eigenvalue weighted by Crippen LogP contribution is 2.06. The van der Waals surface area contributed by atoms with Crippen molar-refractivity contribution in [1.82, 2.24) is 21.3 Å². The van der Waals surface area contributed by atoms with E-state index in [-0.39, 0.29) is 45.1 Å². The van der Waals surface area contributed by atoms with Gasteiger partial charge in [0.15, 0.2) is 0 Å². The molecule has 8 N–H and O–H groups in total. The summed E-state index contributed by atoms with van der Waals surface area (Å²) < 4.78 is 0. The van der Waals surface area contributed by atoms with Crippen molar-refractivity contribution in [2.45, 2.75) is 69.5 Å². The molecule has 15 heteroatoms. The van der Waals surface area contributed by atoms with Gasteiger partial charge in [0.05, 0.1) is 6.42 Å². The molecule has 0 aliphatic rings. The second-order valence-corrected chi connectivity index (χ2v) is 8.82. The quantitative estimate of drug-likeness (QED) is 0.103. The molecule has 15 nitrogen and oxygen atoms in total.